The summed E-state index contributed by atoms with van der Waals surface area (Å²) in [6.07, 6.45) is 2.17. The largest absolute Gasteiger partial charge is 0.369 e. The summed E-state index contributed by atoms with van der Waals surface area (Å²) in [7, 11) is 0. The number of benzene rings is 1. The van der Waals surface area contributed by atoms with E-state index in [1.807, 2.05) is 6.07 Å². The van der Waals surface area contributed by atoms with Gasteiger partial charge in [-0.15, -0.1) is 4.91 Å². The zero-order valence-corrected chi connectivity index (χ0v) is 12.8. The Bertz CT molecular complexity index is 465. The molecule has 0 unspecified atom stereocenters. The molecule has 4 nitrogen and oxygen atoms in total. The van der Waals surface area contributed by atoms with Crippen LogP contribution in [0.25, 0.3) is 0 Å². The maximum absolute atomic E-state index is 11.2. The first-order valence-electron chi connectivity index (χ1n) is 7.63. The highest BCUT2D eigenvalue weighted by atomic mass is 16.3. The first-order chi connectivity index (χ1) is 9.67. The summed E-state index contributed by atoms with van der Waals surface area (Å²) in [5, 5.41) is 6.62. The number of aryl methyl sites for hydroxylation is 1. The van der Waals surface area contributed by atoms with Gasteiger partial charge >= 0.3 is 0 Å². The van der Waals surface area contributed by atoms with E-state index in [-0.39, 0.29) is 0 Å². The molecule has 0 amide bonds. The molecule has 110 valence electrons. The molecule has 2 rings (SSSR count). The van der Waals surface area contributed by atoms with E-state index in [4.69, 9.17) is 0 Å². The van der Waals surface area contributed by atoms with Crippen LogP contribution in [0.2, 0.25) is 0 Å². The highest BCUT2D eigenvalue weighted by molar-refractivity contribution is 5.65. The van der Waals surface area contributed by atoms with Crippen LogP contribution in [0.5, 0.6) is 0 Å². The SMILES string of the molecule is CCCc1cc(C(C)C)c(N=O)cc1N1CCNCC1. The number of nitroso groups, excluding NO2 is 1. The molecule has 1 heterocycles. The molecule has 20 heavy (non-hydrogen) atoms. The van der Waals surface area contributed by atoms with Crippen molar-refractivity contribution < 1.29 is 0 Å². The second kappa shape index (κ2) is 6.84. The molecule has 0 saturated carbocycles. The molecule has 4 heteroatoms. The summed E-state index contributed by atoms with van der Waals surface area (Å²) < 4.78 is 0. The van der Waals surface area contributed by atoms with Crippen molar-refractivity contribution in [3.63, 3.8) is 0 Å². The van der Waals surface area contributed by atoms with E-state index >= 15 is 0 Å². The van der Waals surface area contributed by atoms with Gasteiger partial charge in [-0.1, -0.05) is 33.3 Å². The molecule has 1 aromatic rings. The van der Waals surface area contributed by atoms with Crippen LogP contribution in [0, 0.1) is 4.91 Å². The molecule has 0 aromatic heterocycles. The quantitative estimate of drug-likeness (QED) is 0.835. The highest BCUT2D eigenvalue weighted by Gasteiger charge is 2.18. The van der Waals surface area contributed by atoms with Gasteiger partial charge in [-0.25, -0.2) is 0 Å². The van der Waals surface area contributed by atoms with Crippen LogP contribution in [-0.4, -0.2) is 26.2 Å². The second-order valence-electron chi connectivity index (χ2n) is 5.77. The molecule has 0 aliphatic carbocycles. The molecule has 1 aliphatic heterocycles. The average Bonchev–Trinajstić information content (AvgIpc) is 2.48. The third-order valence-corrected chi connectivity index (χ3v) is 3.93. The van der Waals surface area contributed by atoms with E-state index in [1.165, 1.54) is 11.3 Å². The Labute approximate surface area is 121 Å². The zero-order chi connectivity index (χ0) is 14.5. The number of nitrogens with zero attached hydrogens (tertiary/aromatic N) is 2. The van der Waals surface area contributed by atoms with Gasteiger partial charge in [0.15, 0.2) is 0 Å². The Morgan fingerprint density at radius 2 is 2.00 bits per heavy atom. The van der Waals surface area contributed by atoms with E-state index in [2.05, 4.69) is 42.2 Å². The Morgan fingerprint density at radius 3 is 2.55 bits per heavy atom. The molecule has 1 aliphatic rings. The Balaban J connectivity index is 2.44. The molecule has 0 atom stereocenters. The molecule has 0 bridgehead atoms. The van der Waals surface area contributed by atoms with Gasteiger partial charge in [-0.3, -0.25) is 0 Å². The fraction of sp³-hybridized carbons (Fsp3) is 0.625. The molecular weight excluding hydrogens is 250 g/mol. The summed E-state index contributed by atoms with van der Waals surface area (Å²) >= 11 is 0. The number of anilines is 1. The monoisotopic (exact) mass is 275 g/mol. The minimum Gasteiger partial charge on any atom is -0.369 e. The minimum absolute atomic E-state index is 0.329. The fourth-order valence-corrected chi connectivity index (χ4v) is 2.85. The van der Waals surface area contributed by atoms with Gasteiger partial charge in [0.05, 0.1) is 0 Å². The molecule has 1 aromatic carbocycles. The molecule has 1 fully saturated rings. The highest BCUT2D eigenvalue weighted by Crippen LogP contribution is 2.35. The number of rotatable bonds is 5. The first-order valence-corrected chi connectivity index (χ1v) is 7.63. The lowest BCUT2D eigenvalue weighted by atomic mass is 9.95. The van der Waals surface area contributed by atoms with Crippen molar-refractivity contribution in [3.8, 4) is 0 Å². The summed E-state index contributed by atoms with van der Waals surface area (Å²) in [5.41, 5.74) is 4.23. The van der Waals surface area contributed by atoms with Crippen molar-refractivity contribution in [2.75, 3.05) is 31.1 Å². The van der Waals surface area contributed by atoms with E-state index in [1.54, 1.807) is 0 Å². The molecule has 1 saturated heterocycles. The van der Waals surface area contributed by atoms with Crippen molar-refractivity contribution in [2.24, 2.45) is 5.18 Å². The summed E-state index contributed by atoms with van der Waals surface area (Å²) in [6.45, 7) is 10.4. The summed E-state index contributed by atoms with van der Waals surface area (Å²) in [6, 6.07) is 4.20. The van der Waals surface area contributed by atoms with Gasteiger partial charge in [0.25, 0.3) is 0 Å². The van der Waals surface area contributed by atoms with Gasteiger partial charge in [-0.05, 0) is 34.7 Å². The zero-order valence-electron chi connectivity index (χ0n) is 12.8. The van der Waals surface area contributed by atoms with Gasteiger partial charge in [0.2, 0.25) is 0 Å². The van der Waals surface area contributed by atoms with E-state index in [0.29, 0.717) is 11.6 Å². The standard InChI is InChI=1S/C16H25N3O/c1-4-5-13-10-14(12(2)3)15(18-20)11-16(13)19-8-6-17-7-9-19/h10-12,17H,4-9H2,1-3H3. The van der Waals surface area contributed by atoms with E-state index in [9.17, 15) is 4.91 Å². The van der Waals surface area contributed by atoms with Crippen LogP contribution in [0.1, 0.15) is 44.2 Å². The average molecular weight is 275 g/mol. The smallest absolute Gasteiger partial charge is 0.113 e. The van der Waals surface area contributed by atoms with Crippen molar-refractivity contribution in [2.45, 2.75) is 39.5 Å². The lowest BCUT2D eigenvalue weighted by Gasteiger charge is -2.32. The van der Waals surface area contributed by atoms with Crippen molar-refractivity contribution in [1.29, 1.82) is 0 Å². The molecule has 0 radical (unpaired) electrons. The Morgan fingerprint density at radius 1 is 1.30 bits per heavy atom. The van der Waals surface area contributed by atoms with Crippen molar-refractivity contribution >= 4 is 11.4 Å². The maximum atomic E-state index is 11.2. The number of hydrogen-bond donors (Lipinski definition) is 1. The van der Waals surface area contributed by atoms with E-state index < -0.39 is 0 Å². The maximum Gasteiger partial charge on any atom is 0.113 e. The molecular formula is C16H25N3O. The lowest BCUT2D eigenvalue weighted by Crippen LogP contribution is -2.43. The molecule has 1 N–H and O–H groups in total. The fourth-order valence-electron chi connectivity index (χ4n) is 2.85. The van der Waals surface area contributed by atoms with Crippen LogP contribution >= 0.6 is 0 Å². The summed E-state index contributed by atoms with van der Waals surface area (Å²) in [4.78, 5) is 13.5. The van der Waals surface area contributed by atoms with Crippen LogP contribution in [0.15, 0.2) is 17.3 Å². The third kappa shape index (κ3) is 3.18. The predicted octanol–water partition coefficient (Wildman–Crippen LogP) is 3.57. The van der Waals surface area contributed by atoms with Gasteiger partial charge in [-0.2, -0.15) is 0 Å². The normalized spacial score (nSPS) is 15.7. The van der Waals surface area contributed by atoms with Crippen LogP contribution < -0.4 is 10.2 Å². The topological polar surface area (TPSA) is 44.7 Å². The Hall–Kier alpha value is -1.42. The molecule has 0 spiro atoms. The summed E-state index contributed by atoms with van der Waals surface area (Å²) in [5.74, 6) is 0.329. The predicted molar refractivity (Wildman–Crippen MR) is 85.1 cm³/mol. The number of nitrogens with one attached hydrogen (secondary N) is 1. The first kappa shape index (κ1) is 15.0. The third-order valence-electron chi connectivity index (χ3n) is 3.93. The van der Waals surface area contributed by atoms with Gasteiger partial charge in [0.1, 0.15) is 5.69 Å². The number of hydrogen-bond acceptors (Lipinski definition) is 4. The van der Waals surface area contributed by atoms with Crippen LogP contribution in [0.3, 0.4) is 0 Å². The minimum atomic E-state index is 0.329. The van der Waals surface area contributed by atoms with Crippen molar-refractivity contribution in [3.05, 3.63) is 28.2 Å². The van der Waals surface area contributed by atoms with Gasteiger partial charge < -0.3 is 10.2 Å². The van der Waals surface area contributed by atoms with Crippen molar-refractivity contribution in [1.82, 2.24) is 5.32 Å². The van der Waals surface area contributed by atoms with Gasteiger partial charge in [0, 0.05) is 31.9 Å². The lowest BCUT2D eigenvalue weighted by molar-refractivity contribution is 0.587. The van der Waals surface area contributed by atoms with Crippen LogP contribution in [0.4, 0.5) is 11.4 Å². The van der Waals surface area contributed by atoms with Crippen LogP contribution in [-0.2, 0) is 6.42 Å². The number of piperazine rings is 1. The van der Waals surface area contributed by atoms with E-state index in [0.717, 1.165) is 44.6 Å². The second-order valence-corrected chi connectivity index (χ2v) is 5.77. The Kier molecular flexibility index (Phi) is 5.12.